The van der Waals surface area contributed by atoms with E-state index < -0.39 is 0 Å². The van der Waals surface area contributed by atoms with Crippen molar-refractivity contribution in [1.82, 2.24) is 29.4 Å². The van der Waals surface area contributed by atoms with Crippen molar-refractivity contribution in [3.05, 3.63) is 23.3 Å². The molecule has 2 aromatic rings. The average molecular weight is 274 g/mol. The van der Waals surface area contributed by atoms with Crippen LogP contribution in [0.2, 0.25) is 0 Å². The number of carbonyl (C=O) groups is 1. The van der Waals surface area contributed by atoms with Crippen molar-refractivity contribution in [2.75, 3.05) is 33.2 Å². The van der Waals surface area contributed by atoms with Crippen LogP contribution in [0.5, 0.6) is 0 Å². The molecule has 0 N–H and O–H groups in total. The molecule has 1 saturated heterocycles. The van der Waals surface area contributed by atoms with E-state index in [9.17, 15) is 4.79 Å². The summed E-state index contributed by atoms with van der Waals surface area (Å²) in [5, 5.41) is 4.29. The standard InChI is InChI=1S/C13H18N6O/c1-9-8-10(2)19-13(14-9)15-11(16-19)12(20)18-6-4-17(3)5-7-18/h8H,4-7H2,1-3H3. The lowest BCUT2D eigenvalue weighted by atomic mass is 10.3. The highest BCUT2D eigenvalue weighted by Gasteiger charge is 2.24. The van der Waals surface area contributed by atoms with Crippen molar-refractivity contribution in [3.8, 4) is 0 Å². The van der Waals surface area contributed by atoms with Gasteiger partial charge in [-0.25, -0.2) is 9.50 Å². The number of aryl methyl sites for hydroxylation is 2. The molecule has 7 heteroatoms. The molecule has 106 valence electrons. The Balaban J connectivity index is 1.90. The van der Waals surface area contributed by atoms with E-state index in [0.717, 1.165) is 37.6 Å². The Morgan fingerprint density at radius 1 is 1.15 bits per heavy atom. The first-order valence-electron chi connectivity index (χ1n) is 6.73. The number of piperazine rings is 1. The molecule has 1 aliphatic rings. The summed E-state index contributed by atoms with van der Waals surface area (Å²) >= 11 is 0. The van der Waals surface area contributed by atoms with E-state index >= 15 is 0 Å². The van der Waals surface area contributed by atoms with Crippen molar-refractivity contribution in [3.63, 3.8) is 0 Å². The lowest BCUT2D eigenvalue weighted by Gasteiger charge is -2.31. The first kappa shape index (κ1) is 13.0. The monoisotopic (exact) mass is 274 g/mol. The molecule has 0 aromatic carbocycles. The van der Waals surface area contributed by atoms with Gasteiger partial charge in [-0.1, -0.05) is 0 Å². The van der Waals surface area contributed by atoms with Gasteiger partial charge < -0.3 is 9.80 Å². The van der Waals surface area contributed by atoms with E-state index in [4.69, 9.17) is 0 Å². The van der Waals surface area contributed by atoms with Crippen LogP contribution in [0.4, 0.5) is 0 Å². The van der Waals surface area contributed by atoms with Gasteiger partial charge in [-0.15, -0.1) is 5.10 Å². The molecule has 2 aromatic heterocycles. The van der Waals surface area contributed by atoms with Gasteiger partial charge in [-0.05, 0) is 27.0 Å². The second-order valence-electron chi connectivity index (χ2n) is 5.28. The molecule has 1 amide bonds. The van der Waals surface area contributed by atoms with Crippen LogP contribution >= 0.6 is 0 Å². The smallest absolute Gasteiger partial charge is 0.293 e. The van der Waals surface area contributed by atoms with Gasteiger partial charge in [0.15, 0.2) is 0 Å². The van der Waals surface area contributed by atoms with Crippen LogP contribution in [0.3, 0.4) is 0 Å². The second-order valence-corrected chi connectivity index (χ2v) is 5.28. The molecule has 1 aliphatic heterocycles. The van der Waals surface area contributed by atoms with E-state index in [1.807, 2.05) is 19.9 Å². The van der Waals surface area contributed by atoms with Crippen LogP contribution in [0.1, 0.15) is 22.0 Å². The minimum Gasteiger partial charge on any atom is -0.333 e. The fraction of sp³-hybridized carbons (Fsp3) is 0.538. The number of fused-ring (bicyclic) bond motifs is 1. The van der Waals surface area contributed by atoms with Gasteiger partial charge in [-0.3, -0.25) is 4.79 Å². The van der Waals surface area contributed by atoms with E-state index in [1.54, 1.807) is 9.42 Å². The lowest BCUT2D eigenvalue weighted by Crippen LogP contribution is -2.47. The van der Waals surface area contributed by atoms with Crippen LogP contribution in [-0.4, -0.2) is 68.5 Å². The largest absolute Gasteiger partial charge is 0.333 e. The number of hydrogen-bond donors (Lipinski definition) is 0. The maximum atomic E-state index is 12.4. The minimum atomic E-state index is -0.111. The van der Waals surface area contributed by atoms with Gasteiger partial charge in [0, 0.05) is 37.6 Å². The van der Waals surface area contributed by atoms with E-state index in [0.29, 0.717) is 5.78 Å². The molecule has 1 fully saturated rings. The number of aromatic nitrogens is 4. The molecule has 0 bridgehead atoms. The first-order chi connectivity index (χ1) is 9.54. The van der Waals surface area contributed by atoms with E-state index in [-0.39, 0.29) is 11.7 Å². The molecule has 0 spiro atoms. The van der Waals surface area contributed by atoms with Crippen molar-refractivity contribution < 1.29 is 4.79 Å². The molecule has 20 heavy (non-hydrogen) atoms. The highest BCUT2D eigenvalue weighted by Crippen LogP contribution is 2.08. The summed E-state index contributed by atoms with van der Waals surface area (Å²) in [5.74, 6) is 0.608. The summed E-state index contributed by atoms with van der Waals surface area (Å²) < 4.78 is 1.62. The number of likely N-dealkylation sites (N-methyl/N-ethyl adjacent to an activating group) is 1. The number of nitrogens with zero attached hydrogens (tertiary/aromatic N) is 6. The zero-order valence-electron chi connectivity index (χ0n) is 12.0. The number of carbonyl (C=O) groups excluding carboxylic acids is 1. The van der Waals surface area contributed by atoms with Crippen molar-refractivity contribution in [2.24, 2.45) is 0 Å². The van der Waals surface area contributed by atoms with Gasteiger partial charge >= 0.3 is 0 Å². The highest BCUT2D eigenvalue weighted by atomic mass is 16.2. The molecule has 0 radical (unpaired) electrons. The molecular weight excluding hydrogens is 256 g/mol. The van der Waals surface area contributed by atoms with Crippen LogP contribution in [0.15, 0.2) is 6.07 Å². The molecular formula is C13H18N6O. The summed E-state index contributed by atoms with van der Waals surface area (Å²) in [6.07, 6.45) is 0. The average Bonchev–Trinajstić information content (AvgIpc) is 2.83. The van der Waals surface area contributed by atoms with E-state index in [1.165, 1.54) is 0 Å². The van der Waals surface area contributed by atoms with Crippen LogP contribution in [0, 0.1) is 13.8 Å². The summed E-state index contributed by atoms with van der Waals surface area (Å²) in [6.45, 7) is 7.04. The van der Waals surface area contributed by atoms with Crippen LogP contribution in [-0.2, 0) is 0 Å². The molecule has 0 unspecified atom stereocenters. The van der Waals surface area contributed by atoms with Crippen molar-refractivity contribution in [1.29, 1.82) is 0 Å². The Bertz CT molecular complexity index is 656. The molecule has 7 nitrogen and oxygen atoms in total. The molecule has 3 heterocycles. The molecule has 0 aliphatic carbocycles. The topological polar surface area (TPSA) is 66.6 Å². The van der Waals surface area contributed by atoms with E-state index in [2.05, 4.69) is 27.0 Å². The predicted molar refractivity (Wildman–Crippen MR) is 73.7 cm³/mol. The summed E-state index contributed by atoms with van der Waals surface area (Å²) in [7, 11) is 2.06. The minimum absolute atomic E-state index is 0.111. The summed E-state index contributed by atoms with van der Waals surface area (Å²) in [5.41, 5.74) is 1.80. The lowest BCUT2D eigenvalue weighted by molar-refractivity contribution is 0.0652. The number of hydrogen-bond acceptors (Lipinski definition) is 5. The molecule has 0 saturated carbocycles. The first-order valence-corrected chi connectivity index (χ1v) is 6.73. The SMILES string of the molecule is Cc1cc(C)n2nc(C(=O)N3CCN(C)CC3)nc2n1. The summed E-state index contributed by atoms with van der Waals surface area (Å²) in [4.78, 5) is 25.0. The van der Waals surface area contributed by atoms with Gasteiger partial charge in [-0.2, -0.15) is 4.98 Å². The third kappa shape index (κ3) is 2.24. The third-order valence-electron chi connectivity index (χ3n) is 3.60. The van der Waals surface area contributed by atoms with Crippen LogP contribution in [0.25, 0.3) is 5.78 Å². The fourth-order valence-corrected chi connectivity index (χ4v) is 2.41. The predicted octanol–water partition coefficient (Wildman–Crippen LogP) is 0.129. The normalized spacial score (nSPS) is 16.9. The maximum Gasteiger partial charge on any atom is 0.293 e. The number of rotatable bonds is 1. The third-order valence-corrected chi connectivity index (χ3v) is 3.60. The molecule has 0 atom stereocenters. The Morgan fingerprint density at radius 3 is 2.55 bits per heavy atom. The zero-order valence-corrected chi connectivity index (χ0v) is 12.0. The van der Waals surface area contributed by atoms with Gasteiger partial charge in [0.25, 0.3) is 11.7 Å². The Kier molecular flexibility index (Phi) is 3.13. The van der Waals surface area contributed by atoms with Crippen LogP contribution < -0.4 is 0 Å². The van der Waals surface area contributed by atoms with Gasteiger partial charge in [0.2, 0.25) is 5.82 Å². The highest BCUT2D eigenvalue weighted by molar-refractivity contribution is 5.91. The Labute approximate surface area is 117 Å². The number of amides is 1. The Morgan fingerprint density at radius 2 is 1.85 bits per heavy atom. The maximum absolute atomic E-state index is 12.4. The second kappa shape index (κ2) is 4.82. The quantitative estimate of drug-likeness (QED) is 0.739. The zero-order chi connectivity index (χ0) is 14.3. The summed E-state index contributed by atoms with van der Waals surface area (Å²) in [6, 6.07) is 1.92. The van der Waals surface area contributed by atoms with Gasteiger partial charge in [0.05, 0.1) is 0 Å². The van der Waals surface area contributed by atoms with Gasteiger partial charge in [0.1, 0.15) is 0 Å². The Hall–Kier alpha value is -2.02. The van der Waals surface area contributed by atoms with Crippen molar-refractivity contribution >= 4 is 11.7 Å². The fourth-order valence-electron chi connectivity index (χ4n) is 2.41. The molecule has 3 rings (SSSR count). The van der Waals surface area contributed by atoms with Crippen molar-refractivity contribution in [2.45, 2.75) is 13.8 Å².